The number of halogens is 3. The zero-order chi connectivity index (χ0) is 80.5. The van der Waals surface area contributed by atoms with Gasteiger partial charge in [-0.2, -0.15) is 32.5 Å². The number of aromatic hydroxyl groups is 2. The minimum Gasteiger partial charge on any atom is -0.507 e. The molecule has 1 fully saturated rings. The normalized spacial score (nSPS) is 17.4. The number of allylic oxidation sites excluding steroid dienone is 1. The molecule has 0 bridgehead atoms. The Kier molecular flexibility index (Phi) is 29.7. The lowest BCUT2D eigenvalue weighted by molar-refractivity contribution is -0.121. The number of carbonyl (C=O) groups is 4. The molecule has 13 N–H and O–H groups in total. The number of fused-ring (bicyclic) bond motifs is 7. The van der Waals surface area contributed by atoms with Crippen molar-refractivity contribution in [1.29, 1.82) is 10.5 Å². The van der Waals surface area contributed by atoms with E-state index in [0.717, 1.165) is 30.5 Å². The number of ether oxygens (including phenoxy) is 8. The molecule has 2 aromatic heterocycles. The SMILES string of the molecule is N#C/C=C/O[C@@H]1CC(n2cc(C#CCNC(=O)OCCO/C=C(\C#N)CCOCCOCCNC(=O)CCCCCNC(=O)c3cc(Cl)c4c(c3Cl)C3(OC4=O)c4cc(Cl)c(O)cc4Oc4cc(O)c(-c5ccccc5S(=O)(=O)O)cc43)c3c(=O)[nH]c(N)nc32)O[C@@H]1COP(=O)(O)OP(=O)(O)OP(=O)(O)O.O=S(=O)=O. The van der Waals surface area contributed by atoms with Crippen molar-refractivity contribution in [3.05, 3.63) is 144 Å². The van der Waals surface area contributed by atoms with E-state index in [9.17, 15) is 75.9 Å². The van der Waals surface area contributed by atoms with Crippen LogP contribution in [0.15, 0.2) is 94.7 Å². The van der Waals surface area contributed by atoms with E-state index < -0.39 is 115 Å². The van der Waals surface area contributed by atoms with Gasteiger partial charge in [-0.05, 0) is 37.1 Å². The number of phenolic OH excluding ortho intramolecular Hbond substituents is 2. The molecule has 1 spiro atoms. The number of unbranched alkanes of at least 4 members (excludes halogenated alkanes) is 2. The molecule has 4 aromatic carbocycles. The number of nitrogens with zero attached hydrogens (tertiary/aromatic N) is 4. The summed E-state index contributed by atoms with van der Waals surface area (Å²) in [5.41, 5.74) is 2.23. The summed E-state index contributed by atoms with van der Waals surface area (Å²) in [7, 11) is -25.1. The number of nitrogen functional groups attached to an aromatic ring is 1. The van der Waals surface area contributed by atoms with Crippen LogP contribution in [-0.2, 0) is 91.1 Å². The molecular formula is C62H61Cl3N9O31P3S2. The number of nitrogens with two attached hydrogens (primary N) is 1. The Morgan fingerprint density at radius 1 is 0.845 bits per heavy atom. The Hall–Kier alpha value is -9.51. The van der Waals surface area contributed by atoms with Gasteiger partial charge >= 0.3 is 46.1 Å². The summed E-state index contributed by atoms with van der Waals surface area (Å²) in [6, 6.07) is 14.9. The second kappa shape index (κ2) is 37.9. The van der Waals surface area contributed by atoms with Gasteiger partial charge in [-0.1, -0.05) is 71.3 Å². The van der Waals surface area contributed by atoms with Crippen molar-refractivity contribution in [2.45, 2.75) is 67.5 Å². The largest absolute Gasteiger partial charge is 0.507 e. The minimum absolute atomic E-state index is 0.00285. The van der Waals surface area contributed by atoms with Crippen LogP contribution < -0.4 is 32.0 Å². The van der Waals surface area contributed by atoms with E-state index in [1.54, 1.807) is 6.07 Å². The number of anilines is 1. The lowest BCUT2D eigenvalue weighted by Crippen LogP contribution is -2.34. The standard InChI is InChI=1S/C62H61Cl3N9O28P3S.O3S/c63-41-26-40-46(28-44(41)76)98-45-27-43(75)37(36-9-3-4-10-49(36)106(89,90)91)24-39(45)62(40)54-53(59(80)100-62)42(64)25-38(55(54)65)57(78)70-14-5-1-2-11-50(77)69-16-19-93-21-20-92-18-12-34(30-67)32-94-22-23-96-61(81)71-15-6-8-35-31-74(56-52(35)58(79)73-60(68)72-56)51-29-47(95-17-7-13-66)48(99-51)33-97-104(85,86)102-105(87,88)101-103(82,83)84;1-4(2)3/h3-4,7,9-10,17,24-28,31-32,47-48,51,75-76H,1-2,5,11-12,14-16,18-23,29,33H2,(H,69,77)(H,70,78)(H,71,81)(H,85,86)(H,87,88)(H2,82,83,84)(H,89,90,91)(H3,68,72,73,79);/b17-7+,34-32-;/t47-,48-,51?,62?;/m1./s1. The highest BCUT2D eigenvalue weighted by Crippen LogP contribution is 2.67. The van der Waals surface area contributed by atoms with Crippen LogP contribution >= 0.6 is 58.3 Å². The fraction of sp³-hybridized carbons (Fsp3) is 0.323. The van der Waals surface area contributed by atoms with Crippen LogP contribution in [0, 0.1) is 34.5 Å². The highest BCUT2D eigenvalue weighted by molar-refractivity contribution is 7.86. The first kappa shape index (κ1) is 86.1. The van der Waals surface area contributed by atoms with E-state index in [1.165, 1.54) is 53.4 Å². The number of aromatic amines is 1. The number of carbonyl (C=O) groups excluding carboxylic acids is 4. The molecule has 6 atom stereocenters. The van der Waals surface area contributed by atoms with Gasteiger partial charge in [0, 0.05) is 78.5 Å². The average Bonchev–Trinajstić information content (AvgIpc) is 1.46. The molecule has 110 heavy (non-hydrogen) atoms. The molecule has 1 saturated heterocycles. The molecule has 3 aliphatic rings. The predicted molar refractivity (Wildman–Crippen MR) is 377 cm³/mol. The topological polar surface area (TPSA) is 608 Å². The molecule has 3 aliphatic heterocycles. The van der Waals surface area contributed by atoms with Gasteiger partial charge < -0.3 is 93.9 Å². The van der Waals surface area contributed by atoms with Crippen LogP contribution in [0.2, 0.25) is 15.1 Å². The lowest BCUT2D eigenvalue weighted by Gasteiger charge is -2.37. The van der Waals surface area contributed by atoms with E-state index >= 15 is 0 Å². The third-order valence-electron chi connectivity index (χ3n) is 15.4. The van der Waals surface area contributed by atoms with Crippen LogP contribution in [-0.4, -0.2) is 172 Å². The first-order valence-corrected chi connectivity index (χ1v) is 39.6. The first-order valence-electron chi connectivity index (χ1n) is 31.5. The Morgan fingerprint density at radius 2 is 1.55 bits per heavy atom. The maximum absolute atomic E-state index is 14.0. The van der Waals surface area contributed by atoms with E-state index in [-0.39, 0.29) is 178 Å². The number of H-pyrrole nitrogens is 1. The van der Waals surface area contributed by atoms with Crippen molar-refractivity contribution in [3.8, 4) is 58.1 Å². The number of phosphoric ester groups is 1. The fourth-order valence-corrected chi connectivity index (χ4v) is 15.5. The average molecular weight is 1690 g/mol. The zero-order valence-corrected chi connectivity index (χ0v) is 62.7. The summed E-state index contributed by atoms with van der Waals surface area (Å²) in [5.74, 6) is 1.91. The predicted octanol–water partition coefficient (Wildman–Crippen LogP) is 6.24. The summed E-state index contributed by atoms with van der Waals surface area (Å²) in [4.78, 5) is 109. The first-order chi connectivity index (χ1) is 52.0. The number of nitrogens with one attached hydrogen (secondary N) is 4. The van der Waals surface area contributed by atoms with Gasteiger partial charge in [-0.15, -0.1) is 12.6 Å². The number of phenols is 2. The molecule has 9 rings (SSSR count). The van der Waals surface area contributed by atoms with Gasteiger partial charge in [-0.25, -0.2) is 23.3 Å². The van der Waals surface area contributed by atoms with Crippen molar-refractivity contribution in [1.82, 2.24) is 30.5 Å². The van der Waals surface area contributed by atoms with Crippen LogP contribution in [0.3, 0.4) is 0 Å². The molecule has 4 unspecified atom stereocenters. The third-order valence-corrected chi connectivity index (χ3v) is 21.1. The van der Waals surface area contributed by atoms with E-state index in [0.29, 0.717) is 19.3 Å². The summed E-state index contributed by atoms with van der Waals surface area (Å²) < 4.78 is 155. The van der Waals surface area contributed by atoms with Crippen LogP contribution in [0.25, 0.3) is 22.2 Å². The second-order valence-electron chi connectivity index (χ2n) is 22.7. The number of nitriles is 2. The van der Waals surface area contributed by atoms with Crippen LogP contribution in [0.4, 0.5) is 10.7 Å². The summed E-state index contributed by atoms with van der Waals surface area (Å²) in [6.45, 7) is -0.684. The zero-order valence-electron chi connectivity index (χ0n) is 56.1. The number of benzene rings is 4. The van der Waals surface area contributed by atoms with E-state index in [1.807, 2.05) is 6.07 Å². The minimum atomic E-state index is -5.86. The number of hydrogen-bond donors (Lipinski definition) is 12. The van der Waals surface area contributed by atoms with E-state index in [2.05, 4.69) is 46.4 Å². The number of aromatic nitrogens is 3. The number of rotatable bonds is 33. The molecule has 40 nitrogen and oxygen atoms in total. The van der Waals surface area contributed by atoms with Crippen molar-refractivity contribution < 1.29 is 139 Å². The van der Waals surface area contributed by atoms with Crippen molar-refractivity contribution in [2.75, 3.05) is 71.6 Å². The molecule has 0 aliphatic carbocycles. The van der Waals surface area contributed by atoms with Crippen molar-refractivity contribution in [3.63, 3.8) is 0 Å². The van der Waals surface area contributed by atoms with Gasteiger partial charge in [-0.3, -0.25) is 28.4 Å². The fourth-order valence-electron chi connectivity index (χ4n) is 11.0. The Bertz CT molecular complexity index is 5230. The molecule has 5 heterocycles. The summed E-state index contributed by atoms with van der Waals surface area (Å²) in [6.07, 6.45) is 1.52. The third kappa shape index (κ3) is 22.6. The molecular weight excluding hydrogens is 1630 g/mol. The van der Waals surface area contributed by atoms with Crippen molar-refractivity contribution in [2.24, 2.45) is 0 Å². The van der Waals surface area contributed by atoms with Crippen LogP contribution in [0.5, 0.6) is 23.0 Å². The Labute approximate surface area is 637 Å². The summed E-state index contributed by atoms with van der Waals surface area (Å²) >= 11 is 20.3. The summed E-state index contributed by atoms with van der Waals surface area (Å²) in [5, 5.41) is 47.6. The van der Waals surface area contributed by atoms with Gasteiger partial charge in [0.15, 0.2) is 11.2 Å². The number of amides is 3. The van der Waals surface area contributed by atoms with Crippen LogP contribution in [0.1, 0.15) is 87.7 Å². The van der Waals surface area contributed by atoms with Gasteiger partial charge in [0.1, 0.15) is 59.5 Å². The second-order valence-corrected chi connectivity index (χ2v) is 30.2. The number of alkyl carbamates (subject to hydrolysis) is 1. The quantitative estimate of drug-likeness (QED) is 0.00412. The molecule has 0 radical (unpaired) electrons. The molecule has 3 amide bonds. The molecule has 48 heteroatoms. The monoisotopic (exact) mass is 1690 g/mol. The number of phosphoric acid groups is 3. The molecule has 588 valence electrons. The van der Waals surface area contributed by atoms with Gasteiger partial charge in [0.05, 0.1) is 113 Å². The lowest BCUT2D eigenvalue weighted by atomic mass is 9.76. The smallest absolute Gasteiger partial charge is 0.490 e. The van der Waals surface area contributed by atoms with Gasteiger partial charge in [0.2, 0.25) is 11.9 Å². The maximum Gasteiger partial charge on any atom is 0.490 e. The van der Waals surface area contributed by atoms with Crippen molar-refractivity contribution >= 4 is 120 Å². The molecule has 0 saturated carbocycles. The number of esters is 1. The number of hydrogen-bond acceptors (Lipinski definition) is 30. The molecule has 6 aromatic rings. The van der Waals surface area contributed by atoms with E-state index in [4.69, 9.17) is 111 Å². The highest BCUT2D eigenvalue weighted by atomic mass is 35.5. The Morgan fingerprint density at radius 3 is 2.25 bits per heavy atom. The highest BCUT2D eigenvalue weighted by Gasteiger charge is 2.57. The van der Waals surface area contributed by atoms with Gasteiger partial charge in [0.25, 0.3) is 21.6 Å². The maximum atomic E-state index is 14.0. The Balaban J connectivity index is 0.00000371.